The molecular weight excluding hydrogens is 421 g/mol. The molecule has 0 bridgehead atoms. The van der Waals surface area contributed by atoms with Gasteiger partial charge in [-0.2, -0.15) is 0 Å². The molecule has 0 aliphatic carbocycles. The van der Waals surface area contributed by atoms with Crippen molar-refractivity contribution in [3.8, 4) is 0 Å². The van der Waals surface area contributed by atoms with Crippen molar-refractivity contribution in [2.45, 2.75) is 25.3 Å². The molecule has 3 aromatic rings. The number of amides is 1. The maximum absolute atomic E-state index is 13.6. The molecule has 31 heavy (non-hydrogen) atoms. The van der Waals surface area contributed by atoms with Crippen LogP contribution < -0.4 is 10.6 Å². The number of imidazole rings is 1. The molecule has 1 atom stereocenters. The number of halogens is 2. The van der Waals surface area contributed by atoms with Crippen LogP contribution in [0.1, 0.15) is 24.4 Å². The third-order valence-corrected chi connectivity index (χ3v) is 6.03. The minimum Gasteiger partial charge on any atom is -0.363 e. The van der Waals surface area contributed by atoms with Crippen molar-refractivity contribution in [1.29, 1.82) is 0 Å². The van der Waals surface area contributed by atoms with Crippen molar-refractivity contribution in [1.82, 2.24) is 19.0 Å². The van der Waals surface area contributed by atoms with E-state index in [0.29, 0.717) is 18.7 Å². The Hall–Kier alpha value is -2.87. The molecule has 7 nitrogen and oxygen atoms in total. The Kier molecular flexibility index (Phi) is 5.75. The number of carbonyl (C=O) groups excluding carboxylic acids is 1. The standard InChI is InChI=1S/C22H25ClFN5O2/c1-26(2)20-11-18-19(12-25-20)27(3)22(31)29(18)17-5-4-6-28(13-17)21(30)9-14-7-15(23)10-16(24)8-14/h7-8,10-12,17H,4-6,9,13H2,1-3H3/t17-/m0/s1. The summed E-state index contributed by atoms with van der Waals surface area (Å²) >= 11 is 5.92. The summed E-state index contributed by atoms with van der Waals surface area (Å²) in [5, 5.41) is 0.270. The van der Waals surface area contributed by atoms with Crippen LogP contribution in [0, 0.1) is 5.82 Å². The maximum Gasteiger partial charge on any atom is 0.329 e. The fraction of sp³-hybridized carbons (Fsp3) is 0.409. The quantitative estimate of drug-likeness (QED) is 0.619. The number of piperidine rings is 1. The fourth-order valence-corrected chi connectivity index (χ4v) is 4.48. The predicted octanol–water partition coefficient (Wildman–Crippen LogP) is 3.00. The van der Waals surface area contributed by atoms with E-state index in [2.05, 4.69) is 4.98 Å². The molecule has 1 aliphatic heterocycles. The molecule has 164 valence electrons. The lowest BCUT2D eigenvalue weighted by Crippen LogP contribution is -2.43. The van der Waals surface area contributed by atoms with E-state index < -0.39 is 5.82 Å². The summed E-state index contributed by atoms with van der Waals surface area (Å²) in [4.78, 5) is 34.0. The topological polar surface area (TPSA) is 63.4 Å². The van der Waals surface area contributed by atoms with Gasteiger partial charge in [0.2, 0.25) is 5.91 Å². The third kappa shape index (κ3) is 4.17. The highest BCUT2D eigenvalue weighted by Crippen LogP contribution is 2.27. The molecule has 0 spiro atoms. The molecule has 0 N–H and O–H groups in total. The van der Waals surface area contributed by atoms with Gasteiger partial charge in [-0.1, -0.05) is 11.6 Å². The minimum absolute atomic E-state index is 0.0728. The van der Waals surface area contributed by atoms with Gasteiger partial charge in [-0.25, -0.2) is 14.2 Å². The summed E-state index contributed by atoms with van der Waals surface area (Å²) in [5.41, 5.74) is 1.99. The van der Waals surface area contributed by atoms with Crippen LogP contribution in [-0.4, -0.2) is 52.1 Å². The summed E-state index contributed by atoms with van der Waals surface area (Å²) in [6.45, 7) is 1.04. The first-order valence-electron chi connectivity index (χ1n) is 10.2. The Morgan fingerprint density at radius 1 is 1.26 bits per heavy atom. The second-order valence-corrected chi connectivity index (χ2v) is 8.66. The monoisotopic (exact) mass is 445 g/mol. The molecule has 3 heterocycles. The number of pyridine rings is 1. The van der Waals surface area contributed by atoms with Crippen LogP contribution in [0.3, 0.4) is 0 Å². The van der Waals surface area contributed by atoms with Crippen molar-refractivity contribution in [2.75, 3.05) is 32.1 Å². The zero-order valence-corrected chi connectivity index (χ0v) is 18.6. The van der Waals surface area contributed by atoms with Gasteiger partial charge in [-0.3, -0.25) is 13.9 Å². The highest BCUT2D eigenvalue weighted by molar-refractivity contribution is 6.30. The Morgan fingerprint density at radius 2 is 2.03 bits per heavy atom. The molecule has 1 amide bonds. The molecule has 9 heteroatoms. The van der Waals surface area contributed by atoms with Gasteiger partial charge >= 0.3 is 5.69 Å². The zero-order chi connectivity index (χ0) is 22.3. The molecule has 0 unspecified atom stereocenters. The number of likely N-dealkylation sites (tertiary alicyclic amines) is 1. The summed E-state index contributed by atoms with van der Waals surface area (Å²) in [6.07, 6.45) is 3.37. The van der Waals surface area contributed by atoms with Crippen LogP contribution in [0.25, 0.3) is 11.0 Å². The van der Waals surface area contributed by atoms with Gasteiger partial charge in [-0.05, 0) is 36.6 Å². The van der Waals surface area contributed by atoms with Gasteiger partial charge in [-0.15, -0.1) is 0 Å². The smallest absolute Gasteiger partial charge is 0.329 e. The van der Waals surface area contributed by atoms with Crippen LogP contribution in [-0.2, 0) is 18.3 Å². The highest BCUT2D eigenvalue weighted by Gasteiger charge is 2.28. The number of rotatable bonds is 4. The van der Waals surface area contributed by atoms with Gasteiger partial charge in [0.25, 0.3) is 0 Å². The van der Waals surface area contributed by atoms with E-state index in [0.717, 1.165) is 29.7 Å². The number of hydrogen-bond acceptors (Lipinski definition) is 4. The third-order valence-electron chi connectivity index (χ3n) is 5.81. The lowest BCUT2D eigenvalue weighted by Gasteiger charge is -2.33. The van der Waals surface area contributed by atoms with Crippen molar-refractivity contribution in [3.05, 3.63) is 57.3 Å². The summed E-state index contributed by atoms with van der Waals surface area (Å²) in [6, 6.07) is 5.93. The average molecular weight is 446 g/mol. The van der Waals surface area contributed by atoms with E-state index in [-0.39, 0.29) is 29.1 Å². The molecular formula is C22H25ClFN5O2. The highest BCUT2D eigenvalue weighted by atomic mass is 35.5. The number of hydrogen-bond donors (Lipinski definition) is 0. The maximum atomic E-state index is 13.6. The van der Waals surface area contributed by atoms with Crippen molar-refractivity contribution >= 4 is 34.4 Å². The lowest BCUT2D eigenvalue weighted by molar-refractivity contribution is -0.132. The predicted molar refractivity (Wildman–Crippen MR) is 119 cm³/mol. The number of aryl methyl sites for hydroxylation is 1. The van der Waals surface area contributed by atoms with E-state index in [1.807, 2.05) is 25.1 Å². The minimum atomic E-state index is -0.459. The molecule has 1 aliphatic rings. The lowest BCUT2D eigenvalue weighted by atomic mass is 10.0. The Morgan fingerprint density at radius 3 is 2.74 bits per heavy atom. The van der Waals surface area contributed by atoms with Crippen molar-refractivity contribution in [3.63, 3.8) is 0 Å². The molecule has 4 rings (SSSR count). The zero-order valence-electron chi connectivity index (χ0n) is 17.8. The molecule has 0 saturated carbocycles. The Labute approximate surface area is 184 Å². The number of anilines is 1. The first-order chi connectivity index (χ1) is 14.7. The second-order valence-electron chi connectivity index (χ2n) is 8.23. The van der Waals surface area contributed by atoms with Crippen LogP contribution in [0.4, 0.5) is 10.2 Å². The average Bonchev–Trinajstić information content (AvgIpc) is 2.97. The van der Waals surface area contributed by atoms with Crippen LogP contribution in [0.15, 0.2) is 35.3 Å². The van der Waals surface area contributed by atoms with Crippen LogP contribution in [0.5, 0.6) is 0 Å². The van der Waals surface area contributed by atoms with E-state index in [9.17, 15) is 14.0 Å². The van der Waals surface area contributed by atoms with Gasteiger partial charge in [0.15, 0.2) is 0 Å². The second kappa shape index (κ2) is 8.34. The van der Waals surface area contributed by atoms with E-state index in [4.69, 9.17) is 11.6 Å². The normalized spacial score (nSPS) is 16.7. The molecule has 1 saturated heterocycles. The van der Waals surface area contributed by atoms with E-state index in [1.54, 1.807) is 33.3 Å². The largest absolute Gasteiger partial charge is 0.363 e. The molecule has 2 aromatic heterocycles. The summed E-state index contributed by atoms with van der Waals surface area (Å²) in [5.74, 6) is 0.202. The van der Waals surface area contributed by atoms with Crippen molar-refractivity contribution < 1.29 is 9.18 Å². The first kappa shape index (κ1) is 21.4. The SMILES string of the molecule is CN(C)c1cc2c(cn1)n(C)c(=O)n2[C@H]1CCCN(C(=O)Cc2cc(F)cc(Cl)c2)C1. The van der Waals surface area contributed by atoms with Crippen LogP contribution in [0.2, 0.25) is 5.02 Å². The number of fused-ring (bicyclic) bond motifs is 1. The van der Waals surface area contributed by atoms with Gasteiger partial charge in [0.05, 0.1) is 29.7 Å². The van der Waals surface area contributed by atoms with Crippen LogP contribution >= 0.6 is 11.6 Å². The Bertz CT molecular complexity index is 1180. The Balaban J connectivity index is 1.62. The van der Waals surface area contributed by atoms with Gasteiger partial charge in [0.1, 0.15) is 11.6 Å². The number of nitrogens with zero attached hydrogens (tertiary/aromatic N) is 5. The molecule has 1 aromatic carbocycles. The molecule has 1 fully saturated rings. The first-order valence-corrected chi connectivity index (χ1v) is 10.6. The summed E-state index contributed by atoms with van der Waals surface area (Å²) < 4.78 is 17.0. The van der Waals surface area contributed by atoms with E-state index >= 15 is 0 Å². The fourth-order valence-electron chi connectivity index (χ4n) is 4.23. The number of carbonyl (C=O) groups is 1. The van der Waals surface area contributed by atoms with E-state index in [1.165, 1.54) is 12.1 Å². The van der Waals surface area contributed by atoms with Crippen molar-refractivity contribution in [2.24, 2.45) is 7.05 Å². The summed E-state index contributed by atoms with van der Waals surface area (Å²) in [7, 11) is 5.54. The number of aromatic nitrogens is 3. The molecule has 0 radical (unpaired) electrons. The van der Waals surface area contributed by atoms with Gasteiger partial charge in [0, 0.05) is 45.3 Å². The van der Waals surface area contributed by atoms with Gasteiger partial charge < -0.3 is 9.80 Å². The number of benzene rings is 1.